The topological polar surface area (TPSA) is 63.1 Å². The molecule has 38 heavy (non-hydrogen) atoms. The summed E-state index contributed by atoms with van der Waals surface area (Å²) in [4.78, 5) is 24.0. The summed E-state index contributed by atoms with van der Waals surface area (Å²) in [6, 6.07) is 22.4. The van der Waals surface area contributed by atoms with Gasteiger partial charge in [-0.3, -0.25) is 9.36 Å². The third-order valence-electron chi connectivity index (χ3n) is 8.43. The van der Waals surface area contributed by atoms with Crippen LogP contribution in [-0.2, 0) is 11.2 Å². The number of rotatable bonds is 6. The lowest BCUT2D eigenvalue weighted by Gasteiger charge is -2.33. The van der Waals surface area contributed by atoms with Crippen molar-refractivity contribution in [3.63, 3.8) is 0 Å². The van der Waals surface area contributed by atoms with Crippen LogP contribution in [0.4, 0.5) is 0 Å². The molecule has 1 saturated carbocycles. The van der Waals surface area contributed by atoms with Gasteiger partial charge in [-0.15, -0.1) is 0 Å². The molecule has 1 atom stereocenters. The standard InChI is InChI=1S/C32H33N5O/c1-2-30(38)36-18-16-24(17-19-36)33-28-13-10-23-20-25(11-12-26(23)28)37-31(22-6-4-3-5-7-22)35-29-15-14-27(21-8-9-21)34-32(29)37/h2-7,11-12,14-15,20-21,24,28,33H,1,8-10,13,16-19H2. The molecule has 1 unspecified atom stereocenters. The Morgan fingerprint density at radius 2 is 1.76 bits per heavy atom. The van der Waals surface area contributed by atoms with Gasteiger partial charge in [0.1, 0.15) is 11.3 Å². The molecule has 1 amide bonds. The molecule has 0 radical (unpaired) electrons. The number of fused-ring (bicyclic) bond motifs is 2. The SMILES string of the molecule is C=CC(=O)N1CCC(NC2CCc3cc(-n4c(-c5ccccc5)nc5ccc(C6CC6)nc54)ccc32)CC1. The Kier molecular flexibility index (Phi) is 5.85. The first-order valence-electron chi connectivity index (χ1n) is 13.9. The maximum Gasteiger partial charge on any atom is 0.245 e. The Morgan fingerprint density at radius 1 is 0.947 bits per heavy atom. The molecular formula is C32H33N5O. The van der Waals surface area contributed by atoms with Crippen molar-refractivity contribution in [3.05, 3.63) is 90.1 Å². The molecule has 7 rings (SSSR count). The molecule has 4 aromatic rings. The zero-order valence-corrected chi connectivity index (χ0v) is 21.6. The van der Waals surface area contributed by atoms with Crippen LogP contribution in [-0.4, -0.2) is 44.5 Å². The van der Waals surface area contributed by atoms with Gasteiger partial charge in [0.05, 0.1) is 0 Å². The second-order valence-corrected chi connectivity index (χ2v) is 10.9. The van der Waals surface area contributed by atoms with Crippen molar-refractivity contribution in [2.75, 3.05) is 13.1 Å². The van der Waals surface area contributed by atoms with Crippen LogP contribution in [0.2, 0.25) is 0 Å². The average molecular weight is 504 g/mol. The predicted molar refractivity (Wildman–Crippen MR) is 150 cm³/mol. The van der Waals surface area contributed by atoms with Crippen LogP contribution in [0.1, 0.15) is 60.9 Å². The number of nitrogens with one attached hydrogen (secondary N) is 1. The highest BCUT2D eigenvalue weighted by Crippen LogP contribution is 2.40. The van der Waals surface area contributed by atoms with Gasteiger partial charge in [0.15, 0.2) is 5.65 Å². The first-order valence-corrected chi connectivity index (χ1v) is 13.9. The smallest absolute Gasteiger partial charge is 0.245 e. The minimum atomic E-state index is 0.0443. The maximum atomic E-state index is 11.9. The summed E-state index contributed by atoms with van der Waals surface area (Å²) in [7, 11) is 0. The fraction of sp³-hybridized carbons (Fsp3) is 0.344. The Morgan fingerprint density at radius 3 is 2.53 bits per heavy atom. The van der Waals surface area contributed by atoms with Crippen molar-refractivity contribution in [1.29, 1.82) is 0 Å². The quantitative estimate of drug-likeness (QED) is 0.342. The zero-order chi connectivity index (χ0) is 25.6. The summed E-state index contributed by atoms with van der Waals surface area (Å²) in [6.07, 6.45) is 8.02. The summed E-state index contributed by atoms with van der Waals surface area (Å²) in [5, 5.41) is 3.90. The normalized spacial score (nSPS) is 19.6. The molecule has 2 aromatic heterocycles. The van der Waals surface area contributed by atoms with E-state index in [2.05, 4.69) is 71.1 Å². The van der Waals surface area contributed by atoms with Gasteiger partial charge in [-0.05, 0) is 80.0 Å². The lowest BCUT2D eigenvalue weighted by Crippen LogP contribution is -2.45. The van der Waals surface area contributed by atoms with Crippen molar-refractivity contribution in [1.82, 2.24) is 24.8 Å². The van der Waals surface area contributed by atoms with E-state index in [1.54, 1.807) is 0 Å². The van der Waals surface area contributed by atoms with E-state index in [9.17, 15) is 4.79 Å². The van der Waals surface area contributed by atoms with Gasteiger partial charge in [-0.25, -0.2) is 9.97 Å². The van der Waals surface area contributed by atoms with Gasteiger partial charge < -0.3 is 10.2 Å². The number of likely N-dealkylation sites (tertiary alicyclic amines) is 1. The van der Waals surface area contributed by atoms with Crippen LogP contribution >= 0.6 is 0 Å². The van der Waals surface area contributed by atoms with Crippen LogP contribution < -0.4 is 5.32 Å². The molecule has 192 valence electrons. The number of piperidine rings is 1. The van der Waals surface area contributed by atoms with Crippen molar-refractivity contribution in [3.8, 4) is 17.1 Å². The number of pyridine rings is 1. The molecule has 0 bridgehead atoms. The highest BCUT2D eigenvalue weighted by atomic mass is 16.2. The first kappa shape index (κ1) is 23.4. The number of aryl methyl sites for hydroxylation is 1. The summed E-state index contributed by atoms with van der Waals surface area (Å²) >= 11 is 0. The van der Waals surface area contributed by atoms with Crippen molar-refractivity contribution < 1.29 is 4.79 Å². The van der Waals surface area contributed by atoms with Gasteiger partial charge in [-0.1, -0.05) is 43.0 Å². The minimum absolute atomic E-state index is 0.0443. The van der Waals surface area contributed by atoms with E-state index >= 15 is 0 Å². The van der Waals surface area contributed by atoms with Crippen LogP contribution in [0.3, 0.4) is 0 Å². The van der Waals surface area contributed by atoms with Crippen LogP contribution in [0.25, 0.3) is 28.2 Å². The van der Waals surface area contributed by atoms with Gasteiger partial charge in [0.25, 0.3) is 0 Å². The van der Waals surface area contributed by atoms with E-state index in [0.29, 0.717) is 18.0 Å². The third kappa shape index (κ3) is 4.23. The van der Waals surface area contributed by atoms with Crippen molar-refractivity contribution in [2.45, 2.75) is 56.5 Å². The van der Waals surface area contributed by atoms with E-state index in [1.807, 2.05) is 11.0 Å². The lowest BCUT2D eigenvalue weighted by molar-refractivity contribution is -0.127. The van der Waals surface area contributed by atoms with Gasteiger partial charge in [0.2, 0.25) is 5.91 Å². The molecule has 3 heterocycles. The Bertz CT molecular complexity index is 1510. The fourth-order valence-electron chi connectivity index (χ4n) is 6.20. The molecule has 1 aliphatic heterocycles. The number of hydrogen-bond donors (Lipinski definition) is 1. The molecule has 2 fully saturated rings. The second kappa shape index (κ2) is 9.52. The number of carbonyl (C=O) groups excluding carboxylic acids is 1. The molecule has 1 saturated heterocycles. The zero-order valence-electron chi connectivity index (χ0n) is 21.6. The Balaban J connectivity index is 1.20. The fourth-order valence-corrected chi connectivity index (χ4v) is 6.20. The maximum absolute atomic E-state index is 11.9. The molecule has 1 N–H and O–H groups in total. The Hall–Kier alpha value is -3.77. The molecular weight excluding hydrogens is 470 g/mol. The van der Waals surface area contributed by atoms with Gasteiger partial charge in [0, 0.05) is 48.0 Å². The molecule has 6 nitrogen and oxygen atoms in total. The lowest BCUT2D eigenvalue weighted by atomic mass is 10.0. The van der Waals surface area contributed by atoms with Gasteiger partial charge >= 0.3 is 0 Å². The van der Waals surface area contributed by atoms with E-state index in [-0.39, 0.29) is 5.91 Å². The van der Waals surface area contributed by atoms with Crippen LogP contribution in [0.5, 0.6) is 0 Å². The Labute approximate surface area is 223 Å². The minimum Gasteiger partial charge on any atom is -0.339 e. The average Bonchev–Trinajstić information content (AvgIpc) is 3.64. The van der Waals surface area contributed by atoms with E-state index in [1.165, 1.54) is 35.7 Å². The predicted octanol–water partition coefficient (Wildman–Crippen LogP) is 5.72. The summed E-state index contributed by atoms with van der Waals surface area (Å²) in [5.41, 5.74) is 8.09. The van der Waals surface area contributed by atoms with E-state index < -0.39 is 0 Å². The molecule has 2 aliphatic carbocycles. The summed E-state index contributed by atoms with van der Waals surface area (Å²) in [5.74, 6) is 1.58. The first-order chi connectivity index (χ1) is 18.7. The summed E-state index contributed by atoms with van der Waals surface area (Å²) in [6.45, 7) is 5.22. The van der Waals surface area contributed by atoms with Crippen molar-refractivity contribution in [2.24, 2.45) is 0 Å². The van der Waals surface area contributed by atoms with Crippen LogP contribution in [0, 0.1) is 0 Å². The van der Waals surface area contributed by atoms with Gasteiger partial charge in [-0.2, -0.15) is 0 Å². The highest BCUT2D eigenvalue weighted by Gasteiger charge is 2.29. The van der Waals surface area contributed by atoms with Crippen molar-refractivity contribution >= 4 is 17.1 Å². The number of carbonyl (C=O) groups is 1. The largest absolute Gasteiger partial charge is 0.339 e. The molecule has 3 aliphatic rings. The second-order valence-electron chi connectivity index (χ2n) is 10.9. The number of nitrogens with zero attached hydrogens (tertiary/aromatic N) is 4. The number of imidazole rings is 1. The number of benzene rings is 2. The van der Waals surface area contributed by atoms with Crippen LogP contribution in [0.15, 0.2) is 73.3 Å². The van der Waals surface area contributed by atoms with E-state index in [4.69, 9.17) is 9.97 Å². The number of hydrogen-bond acceptors (Lipinski definition) is 4. The molecule has 6 heteroatoms. The number of amides is 1. The third-order valence-corrected chi connectivity index (χ3v) is 8.43. The monoisotopic (exact) mass is 503 g/mol. The van der Waals surface area contributed by atoms with E-state index in [0.717, 1.165) is 67.0 Å². The summed E-state index contributed by atoms with van der Waals surface area (Å²) < 4.78 is 2.25. The highest BCUT2D eigenvalue weighted by molar-refractivity contribution is 5.87. The number of aromatic nitrogens is 3. The molecule has 0 spiro atoms. The molecule has 2 aromatic carbocycles.